The number of Topliss-reactive ketones (excluding diaryl/α,β-unsaturated/α-hetero) is 1. The van der Waals surface area contributed by atoms with Crippen LogP contribution in [0.5, 0.6) is 11.5 Å². The topological polar surface area (TPSA) is 106 Å². The van der Waals surface area contributed by atoms with Crippen molar-refractivity contribution in [2.45, 2.75) is 38.6 Å². The number of primary amides is 1. The lowest BCUT2D eigenvalue weighted by Gasteiger charge is -2.48. The number of carbonyl (C=O) groups excluding carboxylic acids is 2. The van der Waals surface area contributed by atoms with Gasteiger partial charge in [-0.1, -0.05) is 6.92 Å². The predicted molar refractivity (Wildman–Crippen MR) is 108 cm³/mol. The number of nitrogens with zero attached hydrogens (tertiary/aromatic N) is 2. The quantitative estimate of drug-likeness (QED) is 0.760. The third-order valence-electron chi connectivity index (χ3n) is 6.10. The minimum atomic E-state index is -0.743. The van der Waals surface area contributed by atoms with Gasteiger partial charge in [-0.05, 0) is 42.5 Å². The first-order chi connectivity index (χ1) is 14.0. The Hall–Kier alpha value is -3.03. The Morgan fingerprint density at radius 3 is 2.62 bits per heavy atom. The molecule has 8 heteroatoms. The van der Waals surface area contributed by atoms with Crippen LogP contribution in [-0.2, 0) is 11.2 Å². The molecule has 2 heterocycles. The summed E-state index contributed by atoms with van der Waals surface area (Å²) in [6, 6.07) is 3.31. The fourth-order valence-electron chi connectivity index (χ4n) is 4.87. The van der Waals surface area contributed by atoms with Crippen LogP contribution in [0.25, 0.3) is 0 Å². The second-order valence-electron chi connectivity index (χ2n) is 7.65. The first-order valence-electron chi connectivity index (χ1n) is 9.87. The number of amides is 2. The monoisotopic (exact) mass is 398 g/mol. The number of ketones is 1. The Morgan fingerprint density at radius 1 is 1.21 bits per heavy atom. The second kappa shape index (κ2) is 7.42. The van der Waals surface area contributed by atoms with Crippen molar-refractivity contribution in [3.8, 4) is 11.5 Å². The zero-order chi connectivity index (χ0) is 20.7. The molecule has 29 heavy (non-hydrogen) atoms. The van der Waals surface area contributed by atoms with Crippen LogP contribution < -0.4 is 20.6 Å². The molecular weight excluding hydrogens is 372 g/mol. The van der Waals surface area contributed by atoms with Crippen LogP contribution in [0.15, 0.2) is 28.5 Å². The van der Waals surface area contributed by atoms with Crippen molar-refractivity contribution in [1.82, 2.24) is 10.3 Å². The zero-order valence-electron chi connectivity index (χ0n) is 16.9. The van der Waals surface area contributed by atoms with Gasteiger partial charge in [-0.2, -0.15) is 5.10 Å². The molecule has 1 aromatic rings. The number of allylic oxidation sites excluding steroid dienone is 2. The summed E-state index contributed by atoms with van der Waals surface area (Å²) in [4.78, 5) is 26.4. The summed E-state index contributed by atoms with van der Waals surface area (Å²) in [5.41, 5.74) is 12.2. The molecule has 0 unspecified atom stereocenters. The molecule has 0 spiro atoms. The number of ether oxygens (including phenoxy) is 2. The zero-order valence-corrected chi connectivity index (χ0v) is 16.9. The molecule has 0 fully saturated rings. The number of carbonyl (C=O) groups is 2. The number of hydrogen-bond donors (Lipinski definition) is 2. The number of urea groups is 1. The molecule has 4 rings (SSSR count). The van der Waals surface area contributed by atoms with E-state index < -0.39 is 6.03 Å². The Labute approximate surface area is 169 Å². The van der Waals surface area contributed by atoms with E-state index in [-0.39, 0.29) is 17.7 Å². The fourth-order valence-corrected chi connectivity index (χ4v) is 4.87. The van der Waals surface area contributed by atoms with E-state index in [2.05, 4.69) is 15.4 Å². The fraction of sp³-hybridized carbons (Fsp3) is 0.476. The number of nitrogens with two attached hydrogens (primary N) is 1. The lowest BCUT2D eigenvalue weighted by Crippen LogP contribution is -2.48. The van der Waals surface area contributed by atoms with E-state index in [4.69, 9.17) is 15.2 Å². The van der Waals surface area contributed by atoms with Crippen molar-refractivity contribution in [3.05, 3.63) is 34.5 Å². The van der Waals surface area contributed by atoms with Gasteiger partial charge >= 0.3 is 6.03 Å². The molecule has 1 aromatic carbocycles. The number of rotatable bonds is 3. The van der Waals surface area contributed by atoms with Crippen molar-refractivity contribution in [3.63, 3.8) is 0 Å². The first-order valence-corrected chi connectivity index (χ1v) is 9.87. The summed E-state index contributed by atoms with van der Waals surface area (Å²) in [7, 11) is 3.26. The van der Waals surface area contributed by atoms with E-state index in [0.717, 1.165) is 37.1 Å². The molecule has 1 aliphatic carbocycles. The number of hydrogen-bond acceptors (Lipinski definition) is 6. The summed E-state index contributed by atoms with van der Waals surface area (Å²) in [6.07, 6.45) is 3.00. The first kappa shape index (κ1) is 19.3. The molecule has 0 saturated heterocycles. The summed E-state index contributed by atoms with van der Waals surface area (Å²) in [5.74, 6) is 1.35. The van der Waals surface area contributed by atoms with Crippen LogP contribution >= 0.6 is 0 Å². The van der Waals surface area contributed by atoms with E-state index in [1.165, 1.54) is 5.56 Å². The van der Waals surface area contributed by atoms with Crippen molar-refractivity contribution in [2.75, 3.05) is 20.8 Å². The smallest absolute Gasteiger partial charge is 0.332 e. The van der Waals surface area contributed by atoms with Crippen molar-refractivity contribution >= 4 is 17.5 Å². The van der Waals surface area contributed by atoms with Gasteiger partial charge in [0.25, 0.3) is 0 Å². The third-order valence-corrected chi connectivity index (χ3v) is 6.10. The molecule has 0 radical (unpaired) electrons. The van der Waals surface area contributed by atoms with Gasteiger partial charge in [-0.15, -0.1) is 0 Å². The van der Waals surface area contributed by atoms with Crippen molar-refractivity contribution < 1.29 is 19.1 Å². The summed E-state index contributed by atoms with van der Waals surface area (Å²) in [6.45, 7) is 2.86. The van der Waals surface area contributed by atoms with E-state index >= 15 is 0 Å². The van der Waals surface area contributed by atoms with Gasteiger partial charge in [0, 0.05) is 24.6 Å². The molecule has 154 valence electrons. The van der Waals surface area contributed by atoms with Crippen LogP contribution in [0.2, 0.25) is 0 Å². The Morgan fingerprint density at radius 2 is 1.93 bits per heavy atom. The van der Waals surface area contributed by atoms with E-state index in [0.29, 0.717) is 29.2 Å². The molecule has 3 aliphatic rings. The highest BCUT2D eigenvalue weighted by Crippen LogP contribution is 2.48. The van der Waals surface area contributed by atoms with E-state index in [1.54, 1.807) is 14.2 Å². The van der Waals surface area contributed by atoms with Gasteiger partial charge in [-0.25, -0.2) is 10.2 Å². The standard InChI is InChI=1S/C21H26N4O4/c1-11-19(23-24-21(22)27)18-14(5-4-6-15(18)26)25-8-7-12-9-16(28-2)17(29-3)10-13(12)20(11)25/h9-11,20H,4-8H2,1-3H3,(H3,22,24,27)/t11-,20-/m1/s1. The normalized spacial score (nSPS) is 24.6. The Bertz CT molecular complexity index is 937. The van der Waals surface area contributed by atoms with Crippen LogP contribution in [0.3, 0.4) is 0 Å². The SMILES string of the molecule is COc1cc2c(cc1OC)[C@H]1[C@H](C)C(=NNC(N)=O)C3=C(CCCC3=O)N1CC2. The van der Waals surface area contributed by atoms with Gasteiger partial charge in [-0.3, -0.25) is 4.79 Å². The van der Waals surface area contributed by atoms with Crippen LogP contribution in [0.1, 0.15) is 43.4 Å². The second-order valence-corrected chi connectivity index (χ2v) is 7.65. The highest BCUT2D eigenvalue weighted by Gasteiger charge is 2.44. The predicted octanol–water partition coefficient (Wildman–Crippen LogP) is 2.28. The average Bonchev–Trinajstić information content (AvgIpc) is 2.72. The van der Waals surface area contributed by atoms with Crippen molar-refractivity contribution in [2.24, 2.45) is 16.8 Å². The number of hydrazone groups is 1. The molecule has 0 bridgehead atoms. The van der Waals surface area contributed by atoms with E-state index in [1.807, 2.05) is 19.1 Å². The average molecular weight is 398 g/mol. The van der Waals surface area contributed by atoms with Crippen LogP contribution in [0.4, 0.5) is 4.79 Å². The molecule has 3 N–H and O–H groups in total. The van der Waals surface area contributed by atoms with Gasteiger partial charge in [0.05, 0.1) is 31.5 Å². The largest absolute Gasteiger partial charge is 0.493 e. The highest BCUT2D eigenvalue weighted by atomic mass is 16.5. The van der Waals surface area contributed by atoms with Gasteiger partial charge in [0.15, 0.2) is 17.3 Å². The van der Waals surface area contributed by atoms with Gasteiger partial charge in [0.1, 0.15) is 0 Å². The summed E-state index contributed by atoms with van der Waals surface area (Å²) in [5, 5.41) is 4.27. The minimum absolute atomic E-state index is 0.00312. The number of fused-ring (bicyclic) bond motifs is 4. The van der Waals surface area contributed by atoms with E-state index in [9.17, 15) is 9.59 Å². The lowest BCUT2D eigenvalue weighted by atomic mass is 9.74. The maximum Gasteiger partial charge on any atom is 0.332 e. The van der Waals surface area contributed by atoms with Crippen LogP contribution in [-0.4, -0.2) is 43.2 Å². The maximum absolute atomic E-state index is 12.8. The lowest BCUT2D eigenvalue weighted by molar-refractivity contribution is -0.116. The molecule has 8 nitrogen and oxygen atoms in total. The molecule has 0 aromatic heterocycles. The van der Waals surface area contributed by atoms with Crippen molar-refractivity contribution in [1.29, 1.82) is 0 Å². The minimum Gasteiger partial charge on any atom is -0.493 e. The molecular formula is C21H26N4O4. The molecule has 2 amide bonds. The third kappa shape index (κ3) is 3.12. The molecule has 2 aliphatic heterocycles. The van der Waals surface area contributed by atoms with Gasteiger partial charge in [0.2, 0.25) is 0 Å². The van der Waals surface area contributed by atoms with Gasteiger partial charge < -0.3 is 20.1 Å². The summed E-state index contributed by atoms with van der Waals surface area (Å²) >= 11 is 0. The maximum atomic E-state index is 12.8. The number of methoxy groups -OCH3 is 2. The summed E-state index contributed by atoms with van der Waals surface area (Å²) < 4.78 is 11.0. The molecule has 2 atom stereocenters. The Balaban J connectivity index is 1.88. The Kier molecular flexibility index (Phi) is 4.94. The highest BCUT2D eigenvalue weighted by molar-refractivity contribution is 6.24. The van der Waals surface area contributed by atoms with Crippen LogP contribution in [0, 0.1) is 5.92 Å². The number of nitrogens with one attached hydrogen (secondary N) is 1. The molecule has 0 saturated carbocycles. The number of benzene rings is 1.